The van der Waals surface area contributed by atoms with Crippen molar-refractivity contribution in [2.75, 3.05) is 0 Å². The van der Waals surface area contributed by atoms with E-state index in [9.17, 15) is 4.79 Å². The second-order valence-corrected chi connectivity index (χ2v) is 5.94. The molecule has 3 aromatic rings. The number of benzene rings is 1. The van der Waals surface area contributed by atoms with Crippen LogP contribution in [0.1, 0.15) is 34.1 Å². The number of carbonyl (C=O) groups excluding carboxylic acids is 1. The maximum absolute atomic E-state index is 12.0. The minimum Gasteiger partial charge on any atom is -0.340 e. The van der Waals surface area contributed by atoms with Gasteiger partial charge in [0.05, 0.1) is 4.88 Å². The molecule has 6 heteroatoms. The molecule has 0 bridgehead atoms. The highest BCUT2D eigenvalue weighted by Gasteiger charge is 2.18. The summed E-state index contributed by atoms with van der Waals surface area (Å²) in [5, 5.41) is 8.68. The van der Waals surface area contributed by atoms with Crippen LogP contribution >= 0.6 is 11.3 Å². The van der Waals surface area contributed by atoms with Gasteiger partial charge in [0.2, 0.25) is 11.7 Å². The largest absolute Gasteiger partial charge is 0.340 e. The second-order valence-electron chi connectivity index (χ2n) is 4.99. The Morgan fingerprint density at radius 2 is 2.05 bits per heavy atom. The lowest BCUT2D eigenvalue weighted by molar-refractivity contribution is 0.0936. The monoisotopic (exact) mass is 313 g/mol. The molecule has 3 rings (SSSR count). The average Bonchev–Trinajstić information content (AvgIpc) is 3.20. The van der Waals surface area contributed by atoms with Crippen LogP contribution in [-0.4, -0.2) is 16.0 Å². The molecule has 5 nitrogen and oxygen atoms in total. The van der Waals surface area contributed by atoms with E-state index in [2.05, 4.69) is 15.5 Å². The number of aryl methyl sites for hydroxylation is 1. The molecule has 2 aromatic heterocycles. The van der Waals surface area contributed by atoms with E-state index in [4.69, 9.17) is 4.52 Å². The van der Waals surface area contributed by atoms with E-state index in [-0.39, 0.29) is 11.9 Å². The van der Waals surface area contributed by atoms with Crippen molar-refractivity contribution in [1.29, 1.82) is 0 Å². The highest BCUT2D eigenvalue weighted by molar-refractivity contribution is 7.12. The molecule has 0 aliphatic rings. The number of hydrogen-bond acceptors (Lipinski definition) is 5. The van der Waals surface area contributed by atoms with Gasteiger partial charge in [-0.3, -0.25) is 4.79 Å². The van der Waals surface area contributed by atoms with Crippen molar-refractivity contribution in [2.24, 2.45) is 0 Å². The molecule has 1 atom stereocenters. The fourth-order valence-electron chi connectivity index (χ4n) is 1.97. The summed E-state index contributed by atoms with van der Waals surface area (Å²) in [4.78, 5) is 17.0. The third-order valence-corrected chi connectivity index (χ3v) is 4.08. The molecule has 0 aliphatic heterocycles. The first-order valence-corrected chi connectivity index (χ1v) is 7.76. The van der Waals surface area contributed by atoms with Crippen molar-refractivity contribution >= 4 is 17.2 Å². The summed E-state index contributed by atoms with van der Waals surface area (Å²) in [7, 11) is 0. The zero-order valence-corrected chi connectivity index (χ0v) is 13.1. The van der Waals surface area contributed by atoms with E-state index in [0.29, 0.717) is 16.6 Å². The van der Waals surface area contributed by atoms with Crippen molar-refractivity contribution in [3.8, 4) is 11.4 Å². The standard InChI is InChI=1S/C16H15N3O2S/c1-10-5-7-12(8-6-10)14-18-16(21-19-14)11(2)17-15(20)13-4-3-9-22-13/h3-9,11H,1-2H3,(H,17,20)/t11-/m1/s1. The molecule has 0 radical (unpaired) electrons. The van der Waals surface area contributed by atoms with Crippen LogP contribution < -0.4 is 5.32 Å². The Bertz CT molecular complexity index is 763. The molecule has 0 aliphatic carbocycles. The number of nitrogens with one attached hydrogen (secondary N) is 1. The first kappa shape index (κ1) is 14.5. The molecule has 22 heavy (non-hydrogen) atoms. The summed E-state index contributed by atoms with van der Waals surface area (Å²) < 4.78 is 5.26. The minimum atomic E-state index is -0.346. The molecular weight excluding hydrogens is 298 g/mol. The van der Waals surface area contributed by atoms with Crippen LogP contribution in [0.25, 0.3) is 11.4 Å². The van der Waals surface area contributed by atoms with Gasteiger partial charge in [0.15, 0.2) is 0 Å². The van der Waals surface area contributed by atoms with E-state index in [1.54, 1.807) is 6.07 Å². The third-order valence-electron chi connectivity index (χ3n) is 3.21. The molecule has 0 unspecified atom stereocenters. The molecule has 0 fully saturated rings. The Morgan fingerprint density at radius 3 is 2.73 bits per heavy atom. The van der Waals surface area contributed by atoms with Crippen LogP contribution in [0.3, 0.4) is 0 Å². The summed E-state index contributed by atoms with van der Waals surface area (Å²) in [5.41, 5.74) is 2.06. The number of hydrogen-bond donors (Lipinski definition) is 1. The zero-order chi connectivity index (χ0) is 15.5. The highest BCUT2D eigenvalue weighted by Crippen LogP contribution is 2.19. The van der Waals surface area contributed by atoms with Gasteiger partial charge in [0, 0.05) is 5.56 Å². The van der Waals surface area contributed by atoms with Gasteiger partial charge in [-0.15, -0.1) is 11.3 Å². The van der Waals surface area contributed by atoms with Gasteiger partial charge in [0.1, 0.15) is 6.04 Å². The van der Waals surface area contributed by atoms with Crippen LogP contribution in [-0.2, 0) is 0 Å². The molecular formula is C16H15N3O2S. The molecule has 0 saturated heterocycles. The number of thiophene rings is 1. The van der Waals surface area contributed by atoms with Crippen LogP contribution in [0.15, 0.2) is 46.3 Å². The lowest BCUT2D eigenvalue weighted by Crippen LogP contribution is -2.26. The Morgan fingerprint density at radius 1 is 1.27 bits per heavy atom. The summed E-state index contributed by atoms with van der Waals surface area (Å²) in [6, 6.07) is 11.1. The molecule has 2 heterocycles. The van der Waals surface area contributed by atoms with Gasteiger partial charge < -0.3 is 9.84 Å². The maximum atomic E-state index is 12.0. The van der Waals surface area contributed by atoms with Crippen LogP contribution in [0.5, 0.6) is 0 Å². The molecule has 1 amide bonds. The van der Waals surface area contributed by atoms with E-state index < -0.39 is 0 Å². The van der Waals surface area contributed by atoms with E-state index in [1.165, 1.54) is 16.9 Å². The normalized spacial score (nSPS) is 12.1. The lowest BCUT2D eigenvalue weighted by atomic mass is 10.1. The number of aromatic nitrogens is 2. The zero-order valence-electron chi connectivity index (χ0n) is 12.2. The van der Waals surface area contributed by atoms with Crippen molar-refractivity contribution in [1.82, 2.24) is 15.5 Å². The van der Waals surface area contributed by atoms with Crippen LogP contribution in [0.4, 0.5) is 0 Å². The Labute approximate surface area is 132 Å². The Kier molecular flexibility index (Phi) is 4.02. The van der Waals surface area contributed by atoms with Gasteiger partial charge in [-0.25, -0.2) is 0 Å². The van der Waals surface area contributed by atoms with Crippen molar-refractivity contribution in [3.63, 3.8) is 0 Å². The fourth-order valence-corrected chi connectivity index (χ4v) is 2.60. The lowest BCUT2D eigenvalue weighted by Gasteiger charge is -2.07. The fraction of sp³-hybridized carbons (Fsp3) is 0.188. The van der Waals surface area contributed by atoms with Crippen molar-refractivity contribution in [3.05, 3.63) is 58.1 Å². The van der Waals surface area contributed by atoms with E-state index in [0.717, 1.165) is 5.56 Å². The molecule has 0 saturated carbocycles. The Hall–Kier alpha value is -2.47. The second kappa shape index (κ2) is 6.11. The number of amides is 1. The summed E-state index contributed by atoms with van der Waals surface area (Å²) in [6.45, 7) is 3.84. The first-order valence-electron chi connectivity index (χ1n) is 6.88. The molecule has 112 valence electrons. The minimum absolute atomic E-state index is 0.141. The topological polar surface area (TPSA) is 68.0 Å². The highest BCUT2D eigenvalue weighted by atomic mass is 32.1. The van der Waals surface area contributed by atoms with Crippen LogP contribution in [0, 0.1) is 6.92 Å². The SMILES string of the molecule is Cc1ccc(-c2noc([C@@H](C)NC(=O)c3cccs3)n2)cc1. The van der Waals surface area contributed by atoms with E-state index in [1.807, 2.05) is 49.6 Å². The Balaban J connectivity index is 1.73. The van der Waals surface area contributed by atoms with Crippen LogP contribution in [0.2, 0.25) is 0 Å². The third kappa shape index (κ3) is 3.07. The average molecular weight is 313 g/mol. The van der Waals surface area contributed by atoms with Crippen molar-refractivity contribution in [2.45, 2.75) is 19.9 Å². The molecule has 1 N–H and O–H groups in total. The number of carbonyl (C=O) groups is 1. The van der Waals surface area contributed by atoms with Gasteiger partial charge in [-0.1, -0.05) is 41.1 Å². The summed E-state index contributed by atoms with van der Waals surface area (Å²) in [5.74, 6) is 0.769. The van der Waals surface area contributed by atoms with E-state index >= 15 is 0 Å². The number of nitrogens with zero attached hydrogens (tertiary/aromatic N) is 2. The number of rotatable bonds is 4. The van der Waals surface area contributed by atoms with Gasteiger partial charge in [0.25, 0.3) is 5.91 Å². The quantitative estimate of drug-likeness (QED) is 0.799. The smallest absolute Gasteiger partial charge is 0.261 e. The predicted octanol–water partition coefficient (Wildman–Crippen LogP) is 3.60. The van der Waals surface area contributed by atoms with Crippen molar-refractivity contribution < 1.29 is 9.32 Å². The van der Waals surface area contributed by atoms with Gasteiger partial charge in [-0.2, -0.15) is 4.98 Å². The van der Waals surface area contributed by atoms with Gasteiger partial charge >= 0.3 is 0 Å². The predicted molar refractivity (Wildman–Crippen MR) is 84.7 cm³/mol. The molecule has 1 aromatic carbocycles. The first-order chi connectivity index (χ1) is 10.6. The molecule has 0 spiro atoms. The summed E-state index contributed by atoms with van der Waals surface area (Å²) >= 11 is 1.39. The van der Waals surface area contributed by atoms with Gasteiger partial charge in [-0.05, 0) is 25.3 Å². The maximum Gasteiger partial charge on any atom is 0.261 e. The summed E-state index contributed by atoms with van der Waals surface area (Å²) in [6.07, 6.45) is 0.